The smallest absolute Gasteiger partial charge is 0.269 e. The number of hydrogen-bond donors (Lipinski definition) is 2. The molecule has 108 valence electrons. The van der Waals surface area contributed by atoms with E-state index in [1.54, 1.807) is 12.1 Å². The van der Waals surface area contributed by atoms with Crippen molar-refractivity contribution in [3.05, 3.63) is 17.8 Å². The Morgan fingerprint density at radius 1 is 1.35 bits per heavy atom. The molecule has 5 heteroatoms. The van der Waals surface area contributed by atoms with Crippen LogP contribution in [0.2, 0.25) is 0 Å². The van der Waals surface area contributed by atoms with Crippen molar-refractivity contribution in [2.45, 2.75) is 46.1 Å². The molecule has 3 unspecified atom stereocenters. The fraction of sp³-hybridized carbons (Fsp3) is 0.667. The molecule has 0 saturated heterocycles. The number of nitrogens with one attached hydrogen (secondary N) is 1. The molecule has 3 rings (SSSR count). The Balaban J connectivity index is 1.82. The number of nitrogens with two attached hydrogens (primary N) is 1. The standard InChI is InChI=1S/C15H22N4O/c1-14(2)9-6-7-15(3,8-9)13(14)17-11-5-4-10(12(16)20)18-19-11/h4-5,9,13H,6-8H2,1-3H3,(H2,16,20)(H,17,19). The molecule has 2 fully saturated rings. The quantitative estimate of drug-likeness (QED) is 0.885. The van der Waals surface area contributed by atoms with Gasteiger partial charge in [0.25, 0.3) is 5.91 Å². The van der Waals surface area contributed by atoms with Crippen LogP contribution in [0.5, 0.6) is 0 Å². The van der Waals surface area contributed by atoms with Crippen molar-refractivity contribution in [3.8, 4) is 0 Å². The van der Waals surface area contributed by atoms with Gasteiger partial charge in [0.05, 0.1) is 0 Å². The fourth-order valence-electron chi connectivity index (χ4n) is 4.35. The zero-order valence-electron chi connectivity index (χ0n) is 12.3. The van der Waals surface area contributed by atoms with E-state index in [9.17, 15) is 4.79 Å². The Morgan fingerprint density at radius 3 is 2.60 bits per heavy atom. The predicted molar refractivity (Wildman–Crippen MR) is 77.2 cm³/mol. The summed E-state index contributed by atoms with van der Waals surface area (Å²) in [7, 11) is 0. The maximum Gasteiger partial charge on any atom is 0.269 e. The Morgan fingerprint density at radius 2 is 2.10 bits per heavy atom. The Bertz CT molecular complexity index is 535. The van der Waals surface area contributed by atoms with Crippen LogP contribution in [0, 0.1) is 16.7 Å². The summed E-state index contributed by atoms with van der Waals surface area (Å²) >= 11 is 0. The van der Waals surface area contributed by atoms with E-state index in [2.05, 4.69) is 36.3 Å². The summed E-state index contributed by atoms with van der Waals surface area (Å²) in [4.78, 5) is 11.0. The van der Waals surface area contributed by atoms with Gasteiger partial charge in [-0.05, 0) is 48.1 Å². The third-order valence-corrected chi connectivity index (χ3v) is 5.48. The lowest BCUT2D eigenvalue weighted by Crippen LogP contribution is -2.46. The van der Waals surface area contributed by atoms with Crippen LogP contribution >= 0.6 is 0 Å². The zero-order valence-corrected chi connectivity index (χ0v) is 12.3. The molecule has 2 bridgehead atoms. The predicted octanol–water partition coefficient (Wildman–Crippen LogP) is 2.20. The molecule has 2 saturated carbocycles. The molecule has 2 aliphatic carbocycles. The summed E-state index contributed by atoms with van der Waals surface area (Å²) in [5.41, 5.74) is 5.97. The molecule has 1 amide bonds. The van der Waals surface area contributed by atoms with Crippen molar-refractivity contribution >= 4 is 11.7 Å². The largest absolute Gasteiger partial charge is 0.365 e. The molecule has 20 heavy (non-hydrogen) atoms. The molecule has 0 aliphatic heterocycles. The van der Waals surface area contributed by atoms with Crippen molar-refractivity contribution in [1.29, 1.82) is 0 Å². The SMILES string of the molecule is CC12CCC(C1)C(C)(C)C2Nc1ccc(C(N)=O)nn1. The second-order valence-electron chi connectivity index (χ2n) is 7.16. The average molecular weight is 274 g/mol. The average Bonchev–Trinajstić information content (AvgIpc) is 2.86. The van der Waals surface area contributed by atoms with Crippen LogP contribution in [0.1, 0.15) is 50.5 Å². The lowest BCUT2D eigenvalue weighted by Gasteiger charge is -2.43. The highest BCUT2D eigenvalue weighted by Gasteiger charge is 2.59. The van der Waals surface area contributed by atoms with Crippen LogP contribution in [-0.2, 0) is 0 Å². The van der Waals surface area contributed by atoms with E-state index in [1.807, 2.05) is 0 Å². The lowest BCUT2D eigenvalue weighted by molar-refractivity contribution is 0.0994. The molecule has 1 aromatic heterocycles. The number of fused-ring (bicyclic) bond motifs is 2. The van der Waals surface area contributed by atoms with Crippen molar-refractivity contribution in [2.75, 3.05) is 5.32 Å². The summed E-state index contributed by atoms with van der Waals surface area (Å²) in [6, 6.07) is 3.81. The van der Waals surface area contributed by atoms with E-state index < -0.39 is 5.91 Å². The Hall–Kier alpha value is -1.65. The molecule has 1 heterocycles. The number of primary amides is 1. The van der Waals surface area contributed by atoms with Crippen molar-refractivity contribution < 1.29 is 4.79 Å². The maximum atomic E-state index is 11.0. The van der Waals surface area contributed by atoms with E-state index >= 15 is 0 Å². The third-order valence-electron chi connectivity index (χ3n) is 5.48. The second kappa shape index (κ2) is 4.17. The summed E-state index contributed by atoms with van der Waals surface area (Å²) in [5.74, 6) is 0.959. The molecule has 1 aromatic rings. The van der Waals surface area contributed by atoms with E-state index in [4.69, 9.17) is 5.73 Å². The fourth-order valence-corrected chi connectivity index (χ4v) is 4.35. The number of carbonyl (C=O) groups excluding carboxylic acids is 1. The lowest BCUT2D eigenvalue weighted by atomic mass is 9.68. The molecule has 0 radical (unpaired) electrons. The van der Waals surface area contributed by atoms with Gasteiger partial charge in [0, 0.05) is 6.04 Å². The molecule has 3 atom stereocenters. The van der Waals surface area contributed by atoms with Crippen molar-refractivity contribution in [1.82, 2.24) is 10.2 Å². The Kier molecular flexibility index (Phi) is 2.78. The van der Waals surface area contributed by atoms with Crippen LogP contribution < -0.4 is 11.1 Å². The van der Waals surface area contributed by atoms with Crippen LogP contribution in [0.15, 0.2) is 12.1 Å². The number of nitrogens with zero attached hydrogens (tertiary/aromatic N) is 2. The van der Waals surface area contributed by atoms with Gasteiger partial charge in [-0.1, -0.05) is 20.8 Å². The molecule has 0 aromatic carbocycles. The molecule has 2 aliphatic rings. The maximum absolute atomic E-state index is 11.0. The van der Waals surface area contributed by atoms with Crippen LogP contribution in [-0.4, -0.2) is 22.1 Å². The zero-order chi connectivity index (χ0) is 14.5. The van der Waals surface area contributed by atoms with Crippen LogP contribution in [0.4, 0.5) is 5.82 Å². The number of carbonyl (C=O) groups is 1. The molecular formula is C15H22N4O. The molecule has 0 spiro atoms. The number of rotatable bonds is 3. The van der Waals surface area contributed by atoms with Crippen molar-refractivity contribution in [2.24, 2.45) is 22.5 Å². The first-order chi connectivity index (χ1) is 9.33. The molecular weight excluding hydrogens is 252 g/mol. The summed E-state index contributed by atoms with van der Waals surface area (Å²) in [6.07, 6.45) is 3.88. The highest BCUT2D eigenvalue weighted by atomic mass is 16.1. The van der Waals surface area contributed by atoms with Crippen molar-refractivity contribution in [3.63, 3.8) is 0 Å². The van der Waals surface area contributed by atoms with Crippen LogP contribution in [0.3, 0.4) is 0 Å². The minimum Gasteiger partial charge on any atom is -0.365 e. The van der Waals surface area contributed by atoms with Gasteiger partial charge in [0.15, 0.2) is 5.69 Å². The molecule has 3 N–H and O–H groups in total. The highest BCUT2D eigenvalue weighted by Crippen LogP contribution is 2.62. The van der Waals surface area contributed by atoms with Gasteiger partial charge in [-0.3, -0.25) is 4.79 Å². The van der Waals surface area contributed by atoms with Crippen LogP contribution in [0.25, 0.3) is 0 Å². The topological polar surface area (TPSA) is 80.9 Å². The van der Waals surface area contributed by atoms with E-state index in [0.29, 0.717) is 11.5 Å². The minimum absolute atomic E-state index is 0.203. The van der Waals surface area contributed by atoms with Gasteiger partial charge in [-0.2, -0.15) is 0 Å². The van der Waals surface area contributed by atoms with Gasteiger partial charge < -0.3 is 11.1 Å². The first-order valence-electron chi connectivity index (χ1n) is 7.23. The number of amides is 1. The van der Waals surface area contributed by atoms with Gasteiger partial charge in [-0.15, -0.1) is 10.2 Å². The Labute approximate surface area is 119 Å². The van der Waals surface area contributed by atoms with Gasteiger partial charge >= 0.3 is 0 Å². The first-order valence-corrected chi connectivity index (χ1v) is 7.23. The minimum atomic E-state index is -0.545. The summed E-state index contributed by atoms with van der Waals surface area (Å²) in [5, 5.41) is 11.5. The number of hydrogen-bond acceptors (Lipinski definition) is 4. The highest BCUT2D eigenvalue weighted by molar-refractivity contribution is 5.90. The van der Waals surface area contributed by atoms with E-state index in [0.717, 1.165) is 11.7 Å². The van der Waals surface area contributed by atoms with Gasteiger partial charge in [0.1, 0.15) is 5.82 Å². The van der Waals surface area contributed by atoms with E-state index in [1.165, 1.54) is 19.3 Å². The van der Waals surface area contributed by atoms with Gasteiger partial charge in [-0.25, -0.2) is 0 Å². The van der Waals surface area contributed by atoms with Gasteiger partial charge in [0.2, 0.25) is 0 Å². The third kappa shape index (κ3) is 1.87. The number of aromatic nitrogens is 2. The first kappa shape index (κ1) is 13.3. The number of anilines is 1. The summed E-state index contributed by atoms with van der Waals surface area (Å²) in [6.45, 7) is 7.04. The summed E-state index contributed by atoms with van der Waals surface area (Å²) < 4.78 is 0. The monoisotopic (exact) mass is 274 g/mol. The molecule has 5 nitrogen and oxygen atoms in total. The normalized spacial score (nSPS) is 34.1. The van der Waals surface area contributed by atoms with E-state index in [-0.39, 0.29) is 11.1 Å². The second-order valence-corrected chi connectivity index (χ2v) is 7.16.